The Morgan fingerprint density at radius 2 is 0.635 bits per heavy atom. The summed E-state index contributed by atoms with van der Waals surface area (Å²) in [5.41, 5.74) is 16.4. The number of halogens is 8. The molecule has 0 radical (unpaired) electrons. The Kier molecular flexibility index (Phi) is 25.1. The van der Waals surface area contributed by atoms with Gasteiger partial charge in [-0.2, -0.15) is 0 Å². The van der Waals surface area contributed by atoms with E-state index in [1.54, 1.807) is 116 Å². The molecule has 13 rings (SSSR count). The number of rotatable bonds is 17. The number of fused-ring (bicyclic) bond motifs is 1. The fraction of sp³-hybridized carbons (Fsp3) is 0.0128. The van der Waals surface area contributed by atoms with Gasteiger partial charge in [-0.15, -0.1) is 11.3 Å². The minimum atomic E-state index is -1.07. The quantitative estimate of drug-likeness (QED) is 0.0405. The number of para-hydroxylation sites is 4. The second-order valence-electron chi connectivity index (χ2n) is 22.4. The molecule has 104 heavy (non-hydrogen) atoms. The molecule has 0 atom stereocenters. The third kappa shape index (κ3) is 18.9. The Balaban J connectivity index is 0.000000149. The normalized spacial score (nSPS) is 10.6. The minimum Gasteiger partial charge on any atom is -0.478 e. The summed E-state index contributed by atoms with van der Waals surface area (Å²) in [6, 6.07) is 65.6. The number of nitrogen functional groups attached to an aromatic ring is 1. The highest BCUT2D eigenvalue weighted by atomic mass is 35.5. The average Bonchev–Trinajstić information content (AvgIpc) is 0.953. The molecule has 0 aliphatic rings. The van der Waals surface area contributed by atoms with Crippen molar-refractivity contribution in [1.29, 1.82) is 0 Å². The van der Waals surface area contributed by atoms with E-state index in [0.717, 1.165) is 44.4 Å². The molecule has 13 aromatic rings. The average molecular weight is 1560 g/mol. The molecule has 2 heterocycles. The lowest BCUT2D eigenvalue weighted by molar-refractivity contribution is 0.0687. The summed E-state index contributed by atoms with van der Waals surface area (Å²) in [5.74, 6) is -5.00. The van der Waals surface area contributed by atoms with E-state index in [4.69, 9.17) is 104 Å². The fourth-order valence-electron chi connectivity index (χ4n) is 10.3. The van der Waals surface area contributed by atoms with Crippen LogP contribution in [-0.2, 0) is 0 Å². The molecule has 17 nitrogen and oxygen atoms in total. The van der Waals surface area contributed by atoms with Crippen molar-refractivity contribution in [1.82, 2.24) is 9.97 Å². The predicted octanol–water partition coefficient (Wildman–Crippen LogP) is 24.0. The van der Waals surface area contributed by atoms with Crippen LogP contribution in [0.4, 0.5) is 51.4 Å². The Morgan fingerprint density at radius 3 is 0.981 bits per heavy atom. The fourth-order valence-corrected chi connectivity index (χ4v) is 13.4. The maximum absolute atomic E-state index is 11.4. The minimum absolute atomic E-state index is 0.0908. The van der Waals surface area contributed by atoms with Gasteiger partial charge in [0.15, 0.2) is 0 Å². The smallest absolute Gasteiger partial charge is 0.345 e. The van der Waals surface area contributed by atoms with E-state index in [2.05, 4.69) is 55.5 Å². The molecule has 0 bridgehead atoms. The van der Waals surface area contributed by atoms with Gasteiger partial charge >= 0.3 is 29.8 Å². The third-order valence-corrected chi connectivity index (χ3v) is 18.9. The first-order chi connectivity index (χ1) is 49.8. The van der Waals surface area contributed by atoms with Gasteiger partial charge in [0, 0.05) is 22.8 Å². The summed E-state index contributed by atoms with van der Waals surface area (Å²) in [4.78, 5) is 65.2. The van der Waals surface area contributed by atoms with Crippen LogP contribution in [0.15, 0.2) is 237 Å². The summed E-state index contributed by atoms with van der Waals surface area (Å²) in [6.07, 6.45) is 3.13. The maximum atomic E-state index is 11.4. The van der Waals surface area contributed by atoms with Crippen molar-refractivity contribution in [3.05, 3.63) is 310 Å². The van der Waals surface area contributed by atoms with Crippen LogP contribution in [0.3, 0.4) is 0 Å². The van der Waals surface area contributed by atoms with Crippen molar-refractivity contribution in [2.45, 2.75) is 6.92 Å². The zero-order valence-corrected chi connectivity index (χ0v) is 60.6. The molecule has 0 saturated heterocycles. The summed E-state index contributed by atoms with van der Waals surface area (Å²) < 4.78 is 0. The molecule has 522 valence electrons. The maximum Gasteiger partial charge on any atom is 0.345 e. The number of thiophene rings is 1. The number of aromatic carboxylic acids is 5. The first-order valence-corrected chi connectivity index (χ1v) is 34.5. The van der Waals surface area contributed by atoms with Crippen molar-refractivity contribution in [3.63, 3.8) is 0 Å². The molecule has 11 N–H and O–H groups in total. The van der Waals surface area contributed by atoms with E-state index >= 15 is 0 Å². The van der Waals surface area contributed by atoms with Crippen LogP contribution in [-0.4, -0.2) is 65.3 Å². The number of hydrogen-bond donors (Lipinski definition) is 10. The standard InChI is InChI=1S/C23H15Cl2NO2.C20H15Cl2NO2.C18H11Cl2NO4S.C17H12Cl2N4O2/c24-19-12-17(16-10-9-14-5-1-2-6-15(14)11-16)13-20(25)22(19)26-21-8-4-3-7-18(21)23(27)28;1-12-6-8-13(9-7-12)14-10-16(21)19(17(22)11-14)23-18-5-3-2-4-15(18)20(24)25;19-11-7-9(14-5-6-15(26-14)18(24)25)8-12(20)16(11)21-13-4-2-1-3-10(13)17(22)23;18-12-5-9(10-7-21-17(20)22-8-10)6-13(19)15(12)23-14-4-2-1-3-11(14)16(24)25/h1-13,26H,(H,27,28);2-11,23H,1H3,(H,24,25);1-8,21H,(H,22,23)(H,24,25);1-8,23H,(H,24,25)(H2,20,21,22). The largest absolute Gasteiger partial charge is 0.478 e. The SMILES string of the molecule is Cc1ccc(-c2cc(Cl)c(Nc3ccccc3C(=O)O)c(Cl)c2)cc1.Nc1ncc(-c2cc(Cl)c(Nc3ccccc3C(=O)O)c(Cl)c2)cn1.O=C(O)c1ccc(-c2cc(Cl)c(Nc3ccccc3C(=O)O)c(Cl)c2)s1.O=C(O)c1ccccc1Nc1c(Cl)cc(-c2ccc3ccccc3c2)cc1Cl. The van der Waals surface area contributed by atoms with Gasteiger partial charge < -0.3 is 52.5 Å². The molecule has 0 unspecified atom stereocenters. The number of carboxylic acid groups (broad SMARTS) is 5. The lowest BCUT2D eigenvalue weighted by Crippen LogP contribution is -2.03. The topological polar surface area (TPSA) is 286 Å². The van der Waals surface area contributed by atoms with E-state index < -0.39 is 29.8 Å². The molecule has 0 fully saturated rings. The van der Waals surface area contributed by atoms with Gasteiger partial charge in [-0.1, -0.05) is 208 Å². The number of anilines is 9. The summed E-state index contributed by atoms with van der Waals surface area (Å²) >= 11 is 52.2. The Hall–Kier alpha value is -10.9. The second kappa shape index (κ2) is 34.4. The number of carboxylic acids is 5. The Morgan fingerprint density at radius 1 is 0.327 bits per heavy atom. The molecule has 0 saturated carbocycles. The van der Waals surface area contributed by atoms with Crippen molar-refractivity contribution in [3.8, 4) is 43.8 Å². The van der Waals surface area contributed by atoms with Gasteiger partial charge in [0.25, 0.3) is 0 Å². The van der Waals surface area contributed by atoms with Crippen LogP contribution in [0.1, 0.15) is 56.7 Å². The molecule has 0 aliphatic heterocycles. The van der Waals surface area contributed by atoms with Crippen LogP contribution in [0, 0.1) is 6.92 Å². The first-order valence-electron chi connectivity index (χ1n) is 30.6. The van der Waals surface area contributed by atoms with Gasteiger partial charge in [-0.05, 0) is 166 Å². The molecule has 0 amide bonds. The van der Waals surface area contributed by atoms with Gasteiger partial charge in [-0.25, -0.2) is 33.9 Å². The van der Waals surface area contributed by atoms with Gasteiger partial charge in [-0.3, -0.25) is 0 Å². The lowest BCUT2D eigenvalue weighted by atomic mass is 10.0. The van der Waals surface area contributed by atoms with Gasteiger partial charge in [0.1, 0.15) is 4.88 Å². The highest BCUT2D eigenvalue weighted by molar-refractivity contribution is 7.17. The molecular formula is C78H53Cl8N7O10S. The van der Waals surface area contributed by atoms with E-state index in [1.165, 1.54) is 35.9 Å². The lowest BCUT2D eigenvalue weighted by Gasteiger charge is -2.14. The molecule has 2 aromatic heterocycles. The number of nitrogens with one attached hydrogen (secondary N) is 4. The van der Waals surface area contributed by atoms with Crippen LogP contribution < -0.4 is 27.0 Å². The zero-order chi connectivity index (χ0) is 74.5. The Labute approximate surface area is 638 Å². The summed E-state index contributed by atoms with van der Waals surface area (Å²) in [7, 11) is 0. The number of aromatic nitrogens is 2. The van der Waals surface area contributed by atoms with E-state index in [1.807, 2.05) is 73.7 Å². The molecule has 11 aromatic carbocycles. The van der Waals surface area contributed by atoms with E-state index in [-0.39, 0.29) is 43.1 Å². The third-order valence-electron chi connectivity index (χ3n) is 15.4. The van der Waals surface area contributed by atoms with Crippen molar-refractivity contribution in [2.24, 2.45) is 0 Å². The highest BCUT2D eigenvalue weighted by Gasteiger charge is 2.21. The van der Waals surface area contributed by atoms with E-state index in [9.17, 15) is 44.4 Å². The van der Waals surface area contributed by atoms with Crippen LogP contribution in [0.2, 0.25) is 40.2 Å². The van der Waals surface area contributed by atoms with Crippen LogP contribution in [0.5, 0.6) is 0 Å². The van der Waals surface area contributed by atoms with Crippen molar-refractivity contribution < 1.29 is 49.5 Å². The molecule has 0 aliphatic carbocycles. The van der Waals surface area contributed by atoms with Crippen molar-refractivity contribution >= 4 is 196 Å². The number of nitrogens with zero attached hydrogens (tertiary/aromatic N) is 2. The number of aryl methyl sites for hydroxylation is 1. The molecule has 26 heteroatoms. The van der Waals surface area contributed by atoms with Crippen molar-refractivity contribution in [2.75, 3.05) is 27.0 Å². The number of nitrogens with two attached hydrogens (primary N) is 1. The second-order valence-corrected chi connectivity index (χ2v) is 26.7. The zero-order valence-electron chi connectivity index (χ0n) is 53.7. The van der Waals surface area contributed by atoms with Crippen LogP contribution in [0.25, 0.3) is 54.6 Å². The Bertz CT molecular complexity index is 5190. The highest BCUT2D eigenvalue weighted by Crippen LogP contribution is 2.44. The predicted molar refractivity (Wildman–Crippen MR) is 421 cm³/mol. The number of benzene rings is 11. The number of hydrogen-bond acceptors (Lipinski definition) is 13. The van der Waals surface area contributed by atoms with Gasteiger partial charge in [0.05, 0.1) is 108 Å². The van der Waals surface area contributed by atoms with Gasteiger partial charge in [0.2, 0.25) is 5.95 Å². The number of carbonyl (C=O) groups is 5. The van der Waals surface area contributed by atoms with E-state index in [0.29, 0.717) is 97.2 Å². The molecule has 0 spiro atoms. The molecular weight excluding hydrogens is 1510 g/mol. The monoisotopic (exact) mass is 1560 g/mol. The summed E-state index contributed by atoms with van der Waals surface area (Å²) in [6.45, 7) is 2.02. The van der Waals surface area contributed by atoms with Crippen LogP contribution >= 0.6 is 104 Å². The summed E-state index contributed by atoms with van der Waals surface area (Å²) in [5, 5.41) is 63.4. The first kappa shape index (κ1) is 75.8.